The molecule has 0 radical (unpaired) electrons. The second-order valence-electron chi connectivity index (χ2n) is 6.04. The third-order valence-corrected chi connectivity index (χ3v) is 4.35. The van der Waals surface area contributed by atoms with Crippen molar-refractivity contribution < 1.29 is 14.6 Å². The fourth-order valence-electron chi connectivity index (χ4n) is 3.33. The van der Waals surface area contributed by atoms with Gasteiger partial charge in [0.25, 0.3) is 0 Å². The highest BCUT2D eigenvalue weighted by atomic mass is 16.5. The molecule has 0 saturated carbocycles. The van der Waals surface area contributed by atoms with E-state index in [0.29, 0.717) is 18.4 Å². The van der Waals surface area contributed by atoms with Crippen LogP contribution >= 0.6 is 0 Å². The molecule has 0 spiro atoms. The number of carbonyl (C=O) groups is 1. The number of fused-ring (bicyclic) bond motifs is 1. The van der Waals surface area contributed by atoms with Crippen LogP contribution < -0.4 is 0 Å². The molecule has 122 valence electrons. The van der Waals surface area contributed by atoms with Crippen LogP contribution in [0.1, 0.15) is 44.2 Å². The number of ether oxygens (including phenoxy) is 1. The summed E-state index contributed by atoms with van der Waals surface area (Å²) in [7, 11) is 0. The molecule has 0 bridgehead atoms. The molecule has 1 aliphatic carbocycles. The van der Waals surface area contributed by atoms with Gasteiger partial charge in [0.15, 0.2) is 0 Å². The molecule has 1 unspecified atom stereocenters. The second-order valence-corrected chi connectivity index (χ2v) is 6.04. The van der Waals surface area contributed by atoms with Gasteiger partial charge in [0.2, 0.25) is 0 Å². The van der Waals surface area contributed by atoms with Crippen molar-refractivity contribution in [3.8, 4) is 5.75 Å². The van der Waals surface area contributed by atoms with E-state index < -0.39 is 0 Å². The lowest BCUT2D eigenvalue weighted by molar-refractivity contribution is -0.141. The highest BCUT2D eigenvalue weighted by Gasteiger charge is 2.25. The number of hydrogen-bond donors (Lipinski definition) is 1. The van der Waals surface area contributed by atoms with Crippen molar-refractivity contribution in [2.45, 2.75) is 52.0 Å². The normalized spacial score (nSPS) is 17.3. The first kappa shape index (κ1) is 16.8. The van der Waals surface area contributed by atoms with Crippen molar-refractivity contribution in [1.29, 1.82) is 0 Å². The van der Waals surface area contributed by atoms with Gasteiger partial charge in [-0.3, -0.25) is 9.69 Å². The zero-order chi connectivity index (χ0) is 15.9. The molecule has 1 aromatic carbocycles. The van der Waals surface area contributed by atoms with Crippen LogP contribution in [-0.2, 0) is 22.4 Å². The van der Waals surface area contributed by atoms with Crippen LogP contribution in [0.3, 0.4) is 0 Å². The number of aromatic hydroxyl groups is 1. The smallest absolute Gasteiger partial charge is 0.302 e. The van der Waals surface area contributed by atoms with E-state index in [9.17, 15) is 9.90 Å². The van der Waals surface area contributed by atoms with E-state index in [4.69, 9.17) is 4.74 Å². The summed E-state index contributed by atoms with van der Waals surface area (Å²) in [5.41, 5.74) is 2.40. The van der Waals surface area contributed by atoms with E-state index in [1.165, 1.54) is 12.5 Å². The summed E-state index contributed by atoms with van der Waals surface area (Å²) in [6.07, 6.45) is 5.02. The summed E-state index contributed by atoms with van der Waals surface area (Å²) >= 11 is 0. The minimum atomic E-state index is -0.205. The van der Waals surface area contributed by atoms with Crippen LogP contribution in [0.5, 0.6) is 5.75 Å². The number of phenols is 1. The molecule has 0 aromatic heterocycles. The Morgan fingerprint density at radius 3 is 2.95 bits per heavy atom. The van der Waals surface area contributed by atoms with E-state index in [1.807, 2.05) is 6.07 Å². The van der Waals surface area contributed by atoms with Crippen LogP contribution in [0.4, 0.5) is 0 Å². The Balaban J connectivity index is 1.93. The lowest BCUT2D eigenvalue weighted by atomic mass is 9.86. The van der Waals surface area contributed by atoms with Crippen molar-refractivity contribution in [3.63, 3.8) is 0 Å². The second kappa shape index (κ2) is 8.18. The maximum absolute atomic E-state index is 10.8. The maximum Gasteiger partial charge on any atom is 0.302 e. The minimum Gasteiger partial charge on any atom is -0.508 e. The van der Waals surface area contributed by atoms with E-state index in [2.05, 4.69) is 17.9 Å². The molecule has 2 rings (SSSR count). The van der Waals surface area contributed by atoms with Gasteiger partial charge in [0.05, 0.1) is 6.61 Å². The molecule has 0 heterocycles. The van der Waals surface area contributed by atoms with Gasteiger partial charge in [-0.2, -0.15) is 0 Å². The van der Waals surface area contributed by atoms with Gasteiger partial charge >= 0.3 is 5.97 Å². The first-order valence-corrected chi connectivity index (χ1v) is 8.29. The molecule has 1 aliphatic rings. The van der Waals surface area contributed by atoms with Crippen LogP contribution in [0.25, 0.3) is 0 Å². The Morgan fingerprint density at radius 1 is 1.41 bits per heavy atom. The zero-order valence-electron chi connectivity index (χ0n) is 13.7. The van der Waals surface area contributed by atoms with E-state index >= 15 is 0 Å². The van der Waals surface area contributed by atoms with Gasteiger partial charge in [0, 0.05) is 19.5 Å². The molecule has 1 atom stereocenters. The zero-order valence-corrected chi connectivity index (χ0v) is 13.7. The van der Waals surface area contributed by atoms with E-state index in [0.717, 1.165) is 50.8 Å². The number of phenolic OH excluding ortho intramolecular Hbond substituents is 1. The average Bonchev–Trinajstić information content (AvgIpc) is 2.50. The Kier molecular flexibility index (Phi) is 6.25. The standard InChI is InChI=1S/C18H27NO3/c1-3-10-19(11-5-12-22-14(2)20)16-8-9-17-15(13-16)6-4-7-18(17)21/h4,6-7,16,21H,3,5,8-13H2,1-2H3. The Bertz CT molecular complexity index is 501. The molecular formula is C18H27NO3. The topological polar surface area (TPSA) is 49.8 Å². The third-order valence-electron chi connectivity index (χ3n) is 4.35. The predicted octanol–water partition coefficient (Wildman–Crippen LogP) is 2.91. The minimum absolute atomic E-state index is 0.205. The number of nitrogens with zero attached hydrogens (tertiary/aromatic N) is 1. The van der Waals surface area contributed by atoms with Crippen molar-refractivity contribution in [1.82, 2.24) is 4.90 Å². The molecule has 0 saturated heterocycles. The van der Waals surface area contributed by atoms with Crippen LogP contribution in [0, 0.1) is 0 Å². The summed E-state index contributed by atoms with van der Waals surface area (Å²) in [5.74, 6) is 0.233. The molecule has 0 aliphatic heterocycles. The fourth-order valence-corrected chi connectivity index (χ4v) is 3.33. The molecule has 1 aromatic rings. The molecular weight excluding hydrogens is 278 g/mol. The number of esters is 1. The summed E-state index contributed by atoms with van der Waals surface area (Å²) in [6.45, 7) is 6.18. The SMILES string of the molecule is CCCN(CCCOC(C)=O)C1CCc2c(O)cccc2C1. The number of benzene rings is 1. The maximum atomic E-state index is 10.8. The fraction of sp³-hybridized carbons (Fsp3) is 0.611. The first-order valence-electron chi connectivity index (χ1n) is 8.29. The number of carbonyl (C=O) groups excluding carboxylic acids is 1. The Hall–Kier alpha value is -1.55. The lowest BCUT2D eigenvalue weighted by Gasteiger charge is -2.35. The van der Waals surface area contributed by atoms with Gasteiger partial charge in [0.1, 0.15) is 5.75 Å². The first-order chi connectivity index (χ1) is 10.6. The van der Waals surface area contributed by atoms with Crippen molar-refractivity contribution in [2.24, 2.45) is 0 Å². The number of rotatable bonds is 7. The Morgan fingerprint density at radius 2 is 2.23 bits per heavy atom. The molecule has 0 amide bonds. The van der Waals surface area contributed by atoms with Gasteiger partial charge in [-0.25, -0.2) is 0 Å². The van der Waals surface area contributed by atoms with Gasteiger partial charge in [-0.1, -0.05) is 19.1 Å². The number of hydrogen-bond acceptors (Lipinski definition) is 4. The van der Waals surface area contributed by atoms with Crippen molar-refractivity contribution in [2.75, 3.05) is 19.7 Å². The molecule has 4 nitrogen and oxygen atoms in total. The van der Waals surface area contributed by atoms with Gasteiger partial charge in [-0.05, 0) is 55.8 Å². The largest absolute Gasteiger partial charge is 0.508 e. The van der Waals surface area contributed by atoms with E-state index in [1.54, 1.807) is 6.07 Å². The molecule has 4 heteroatoms. The summed E-state index contributed by atoms with van der Waals surface area (Å²) < 4.78 is 5.03. The van der Waals surface area contributed by atoms with Gasteiger partial charge in [-0.15, -0.1) is 0 Å². The van der Waals surface area contributed by atoms with Crippen LogP contribution in [0.2, 0.25) is 0 Å². The van der Waals surface area contributed by atoms with Gasteiger partial charge < -0.3 is 9.84 Å². The highest BCUT2D eigenvalue weighted by molar-refractivity contribution is 5.65. The summed E-state index contributed by atoms with van der Waals surface area (Å²) in [6, 6.07) is 6.36. The lowest BCUT2D eigenvalue weighted by Crippen LogP contribution is -2.40. The van der Waals surface area contributed by atoms with Crippen LogP contribution in [0.15, 0.2) is 18.2 Å². The molecule has 0 fully saturated rings. The van der Waals surface area contributed by atoms with E-state index in [-0.39, 0.29) is 5.97 Å². The van der Waals surface area contributed by atoms with Crippen molar-refractivity contribution in [3.05, 3.63) is 29.3 Å². The third kappa shape index (κ3) is 4.47. The highest BCUT2D eigenvalue weighted by Crippen LogP contribution is 2.30. The Labute approximate surface area is 133 Å². The predicted molar refractivity (Wildman–Crippen MR) is 87.0 cm³/mol. The quantitative estimate of drug-likeness (QED) is 0.621. The summed E-state index contributed by atoms with van der Waals surface area (Å²) in [4.78, 5) is 13.3. The van der Waals surface area contributed by atoms with Crippen LogP contribution in [-0.4, -0.2) is 41.7 Å². The monoisotopic (exact) mass is 305 g/mol. The summed E-state index contributed by atoms with van der Waals surface area (Å²) in [5, 5.41) is 9.95. The molecule has 1 N–H and O–H groups in total. The van der Waals surface area contributed by atoms with Crippen molar-refractivity contribution >= 4 is 5.97 Å². The molecule has 22 heavy (non-hydrogen) atoms. The average molecular weight is 305 g/mol.